The van der Waals surface area contributed by atoms with Crippen molar-refractivity contribution < 1.29 is 4.79 Å². The maximum atomic E-state index is 12.9. The van der Waals surface area contributed by atoms with E-state index >= 15 is 0 Å². The third-order valence-corrected chi connectivity index (χ3v) is 5.24. The molecule has 3 heteroatoms. The van der Waals surface area contributed by atoms with E-state index in [-0.39, 0.29) is 5.91 Å². The maximum absolute atomic E-state index is 12.9. The summed E-state index contributed by atoms with van der Waals surface area (Å²) in [6, 6.07) is 14.8. The highest BCUT2D eigenvalue weighted by atomic mass is 16.2. The van der Waals surface area contributed by atoms with Crippen LogP contribution in [0.25, 0.3) is 0 Å². The minimum Gasteiger partial charge on any atom is -0.337 e. The van der Waals surface area contributed by atoms with Crippen LogP contribution in [0, 0.1) is 20.8 Å². The van der Waals surface area contributed by atoms with Gasteiger partial charge in [0.1, 0.15) is 0 Å². The van der Waals surface area contributed by atoms with Crippen LogP contribution in [0.3, 0.4) is 0 Å². The molecule has 0 aliphatic carbocycles. The Hall–Kier alpha value is -2.13. The normalized spacial score (nSPS) is 15.9. The molecule has 1 amide bonds. The molecule has 0 atom stereocenters. The summed E-state index contributed by atoms with van der Waals surface area (Å²) in [5, 5.41) is 0. The van der Waals surface area contributed by atoms with Crippen LogP contribution in [0.1, 0.15) is 39.0 Å². The molecule has 0 bridgehead atoms. The van der Waals surface area contributed by atoms with Crippen LogP contribution in [-0.4, -0.2) is 41.9 Å². The van der Waals surface area contributed by atoms with Crippen LogP contribution in [0.4, 0.5) is 0 Å². The van der Waals surface area contributed by atoms with Crippen LogP contribution in [0.2, 0.25) is 0 Å². The van der Waals surface area contributed by atoms with E-state index in [0.717, 1.165) is 50.3 Å². The molecule has 3 rings (SSSR count). The minimum absolute atomic E-state index is 0.179. The van der Waals surface area contributed by atoms with Crippen molar-refractivity contribution in [3.63, 3.8) is 0 Å². The van der Waals surface area contributed by atoms with Crippen LogP contribution >= 0.6 is 0 Å². The highest BCUT2D eigenvalue weighted by molar-refractivity contribution is 5.96. The zero-order valence-corrected chi connectivity index (χ0v) is 15.6. The van der Waals surface area contributed by atoms with Gasteiger partial charge in [-0.3, -0.25) is 9.69 Å². The van der Waals surface area contributed by atoms with E-state index in [0.29, 0.717) is 0 Å². The molecule has 0 N–H and O–H groups in total. The van der Waals surface area contributed by atoms with Gasteiger partial charge < -0.3 is 4.90 Å². The molecule has 1 saturated heterocycles. The second-order valence-corrected chi connectivity index (χ2v) is 7.15. The molecule has 1 fully saturated rings. The summed E-state index contributed by atoms with van der Waals surface area (Å²) in [6.45, 7) is 10.8. The zero-order valence-electron chi connectivity index (χ0n) is 15.6. The lowest BCUT2D eigenvalue weighted by Gasteiger charge is -2.23. The molecule has 0 spiro atoms. The summed E-state index contributed by atoms with van der Waals surface area (Å²) in [5.74, 6) is 0.179. The number of amides is 1. The third kappa shape index (κ3) is 4.29. The quantitative estimate of drug-likeness (QED) is 0.847. The van der Waals surface area contributed by atoms with Gasteiger partial charge in [-0.2, -0.15) is 0 Å². The summed E-state index contributed by atoms with van der Waals surface area (Å²) < 4.78 is 0. The number of nitrogens with zero attached hydrogens (tertiary/aromatic N) is 2. The second-order valence-electron chi connectivity index (χ2n) is 7.15. The Morgan fingerprint density at radius 1 is 0.920 bits per heavy atom. The first kappa shape index (κ1) is 17.7. The fourth-order valence-electron chi connectivity index (χ4n) is 3.44. The molecule has 0 unspecified atom stereocenters. The SMILES string of the molecule is Cc1ccc(CN2CCCN(C(=O)c3cccc(C)c3C)CC2)cc1. The van der Waals surface area contributed by atoms with Gasteiger partial charge in [-0.15, -0.1) is 0 Å². The first-order valence-electron chi connectivity index (χ1n) is 9.18. The van der Waals surface area contributed by atoms with Gasteiger partial charge in [0, 0.05) is 38.3 Å². The Balaban J connectivity index is 1.64. The highest BCUT2D eigenvalue weighted by Crippen LogP contribution is 2.17. The molecule has 132 valence electrons. The Morgan fingerprint density at radius 2 is 1.68 bits per heavy atom. The Morgan fingerprint density at radius 3 is 2.44 bits per heavy atom. The summed E-state index contributed by atoms with van der Waals surface area (Å²) in [4.78, 5) is 17.4. The lowest BCUT2D eigenvalue weighted by atomic mass is 10.0. The Kier molecular flexibility index (Phi) is 5.54. The number of benzene rings is 2. The van der Waals surface area contributed by atoms with Crippen molar-refractivity contribution in [3.8, 4) is 0 Å². The fraction of sp³-hybridized carbons (Fsp3) is 0.409. The van der Waals surface area contributed by atoms with Crippen LogP contribution in [0.15, 0.2) is 42.5 Å². The van der Waals surface area contributed by atoms with Crippen LogP contribution in [0.5, 0.6) is 0 Å². The third-order valence-electron chi connectivity index (χ3n) is 5.24. The second kappa shape index (κ2) is 7.83. The van der Waals surface area contributed by atoms with Crippen molar-refractivity contribution in [3.05, 3.63) is 70.3 Å². The van der Waals surface area contributed by atoms with Gasteiger partial charge in [-0.1, -0.05) is 42.0 Å². The number of aryl methyl sites for hydroxylation is 2. The standard InChI is InChI=1S/C22H28N2O/c1-17-8-10-20(11-9-17)16-23-12-5-13-24(15-14-23)22(25)21-7-4-6-18(2)19(21)3/h4,6-11H,5,12-16H2,1-3H3. The van der Waals surface area contributed by atoms with E-state index in [1.54, 1.807) is 0 Å². The number of carbonyl (C=O) groups excluding carboxylic acids is 1. The Bertz CT molecular complexity index is 736. The summed E-state index contributed by atoms with van der Waals surface area (Å²) in [5.41, 5.74) is 5.78. The lowest BCUT2D eigenvalue weighted by Crippen LogP contribution is -2.35. The Labute approximate surface area is 151 Å². The number of hydrogen-bond acceptors (Lipinski definition) is 2. The smallest absolute Gasteiger partial charge is 0.254 e. The lowest BCUT2D eigenvalue weighted by molar-refractivity contribution is 0.0760. The highest BCUT2D eigenvalue weighted by Gasteiger charge is 2.21. The van der Waals surface area contributed by atoms with Crippen molar-refractivity contribution >= 4 is 5.91 Å². The van der Waals surface area contributed by atoms with Crippen molar-refractivity contribution in [2.75, 3.05) is 26.2 Å². The summed E-state index contributed by atoms with van der Waals surface area (Å²) in [6.07, 6.45) is 1.03. The predicted molar refractivity (Wildman–Crippen MR) is 103 cm³/mol. The first-order chi connectivity index (χ1) is 12.0. The number of hydrogen-bond donors (Lipinski definition) is 0. The van der Waals surface area contributed by atoms with Crippen LogP contribution < -0.4 is 0 Å². The molecular formula is C22H28N2O. The van der Waals surface area contributed by atoms with Crippen molar-refractivity contribution in [1.82, 2.24) is 9.80 Å². The van der Waals surface area contributed by atoms with Gasteiger partial charge in [-0.05, 0) is 49.9 Å². The minimum atomic E-state index is 0.179. The van der Waals surface area contributed by atoms with E-state index in [9.17, 15) is 4.79 Å². The van der Waals surface area contributed by atoms with Crippen molar-refractivity contribution in [2.45, 2.75) is 33.7 Å². The summed E-state index contributed by atoms with van der Waals surface area (Å²) >= 11 is 0. The van der Waals surface area contributed by atoms with E-state index in [1.807, 2.05) is 24.0 Å². The van der Waals surface area contributed by atoms with Gasteiger partial charge in [0.15, 0.2) is 0 Å². The maximum Gasteiger partial charge on any atom is 0.254 e. The first-order valence-corrected chi connectivity index (χ1v) is 9.18. The predicted octanol–water partition coefficient (Wildman–Crippen LogP) is 3.96. The van der Waals surface area contributed by atoms with E-state index in [4.69, 9.17) is 0 Å². The molecule has 0 saturated carbocycles. The van der Waals surface area contributed by atoms with Crippen molar-refractivity contribution in [2.24, 2.45) is 0 Å². The molecule has 1 heterocycles. The molecule has 3 nitrogen and oxygen atoms in total. The van der Waals surface area contributed by atoms with Gasteiger partial charge in [0.2, 0.25) is 0 Å². The van der Waals surface area contributed by atoms with Gasteiger partial charge in [0.25, 0.3) is 5.91 Å². The fourth-order valence-corrected chi connectivity index (χ4v) is 3.44. The number of rotatable bonds is 3. The summed E-state index contributed by atoms with van der Waals surface area (Å²) in [7, 11) is 0. The monoisotopic (exact) mass is 336 g/mol. The van der Waals surface area contributed by atoms with E-state index in [2.05, 4.69) is 49.1 Å². The molecule has 2 aromatic rings. The topological polar surface area (TPSA) is 23.6 Å². The van der Waals surface area contributed by atoms with E-state index in [1.165, 1.54) is 16.7 Å². The molecular weight excluding hydrogens is 308 g/mol. The molecule has 1 aliphatic heterocycles. The van der Waals surface area contributed by atoms with Gasteiger partial charge in [-0.25, -0.2) is 0 Å². The molecule has 2 aromatic carbocycles. The van der Waals surface area contributed by atoms with Gasteiger partial charge in [0.05, 0.1) is 0 Å². The molecule has 1 aliphatic rings. The molecule has 0 radical (unpaired) electrons. The largest absolute Gasteiger partial charge is 0.337 e. The zero-order chi connectivity index (χ0) is 17.8. The van der Waals surface area contributed by atoms with Gasteiger partial charge >= 0.3 is 0 Å². The average Bonchev–Trinajstić information content (AvgIpc) is 2.84. The molecule has 0 aromatic heterocycles. The number of carbonyl (C=O) groups is 1. The van der Waals surface area contributed by atoms with Crippen LogP contribution in [-0.2, 0) is 6.54 Å². The molecule has 25 heavy (non-hydrogen) atoms. The van der Waals surface area contributed by atoms with Crippen molar-refractivity contribution in [1.29, 1.82) is 0 Å². The van der Waals surface area contributed by atoms with E-state index < -0.39 is 0 Å². The average molecular weight is 336 g/mol.